The van der Waals surface area contributed by atoms with E-state index in [0.717, 1.165) is 31.4 Å². The highest BCUT2D eigenvalue weighted by atomic mass is 32.2. The van der Waals surface area contributed by atoms with Crippen LogP contribution >= 0.6 is 0 Å². The number of fused-ring (bicyclic) bond motifs is 1. The number of aliphatic carboxylic acids is 1. The van der Waals surface area contributed by atoms with Crippen LogP contribution in [0.15, 0.2) is 47.4 Å². The van der Waals surface area contributed by atoms with Gasteiger partial charge in [-0.25, -0.2) is 8.42 Å². The number of hydrogen-bond donors (Lipinski definition) is 2. The lowest BCUT2D eigenvalue weighted by atomic mass is 9.81. The normalized spacial score (nSPS) is 19.4. The van der Waals surface area contributed by atoms with Crippen molar-refractivity contribution in [2.24, 2.45) is 5.41 Å². The van der Waals surface area contributed by atoms with Crippen LogP contribution in [0.2, 0.25) is 0 Å². The molecule has 0 fully saturated rings. The third-order valence-electron chi connectivity index (χ3n) is 6.40. The Labute approximate surface area is 196 Å². The Balaban J connectivity index is 2.18. The molecule has 1 heterocycles. The number of para-hydroxylation sites is 1. The Morgan fingerprint density at radius 1 is 1.21 bits per heavy atom. The second kappa shape index (κ2) is 10.5. The third kappa shape index (κ3) is 5.61. The lowest BCUT2D eigenvalue weighted by Crippen LogP contribution is -2.37. The number of carboxylic acids is 1. The van der Waals surface area contributed by atoms with Gasteiger partial charge in [-0.15, -0.1) is 0 Å². The predicted octanol–water partition coefficient (Wildman–Crippen LogP) is 5.09. The van der Waals surface area contributed by atoms with Gasteiger partial charge in [0.05, 0.1) is 35.1 Å². The van der Waals surface area contributed by atoms with Crippen LogP contribution in [-0.2, 0) is 14.6 Å². The van der Waals surface area contributed by atoms with E-state index in [-0.39, 0.29) is 29.1 Å². The third-order valence-corrected chi connectivity index (χ3v) is 8.39. The van der Waals surface area contributed by atoms with E-state index in [2.05, 4.69) is 24.1 Å². The van der Waals surface area contributed by atoms with Gasteiger partial charge in [0.25, 0.3) is 0 Å². The Bertz CT molecular complexity index is 1070. The molecule has 33 heavy (non-hydrogen) atoms. The van der Waals surface area contributed by atoms with Gasteiger partial charge in [-0.05, 0) is 31.0 Å². The molecule has 1 aliphatic heterocycles. The van der Waals surface area contributed by atoms with Crippen LogP contribution in [0.1, 0.15) is 46.0 Å². The Kier molecular flexibility index (Phi) is 7.89. The van der Waals surface area contributed by atoms with Crippen molar-refractivity contribution in [3.63, 3.8) is 0 Å². The summed E-state index contributed by atoms with van der Waals surface area (Å²) >= 11 is 0. The number of ether oxygens (including phenoxy) is 1. The molecular weight excluding hydrogens is 440 g/mol. The van der Waals surface area contributed by atoms with Crippen molar-refractivity contribution in [2.45, 2.75) is 50.8 Å². The summed E-state index contributed by atoms with van der Waals surface area (Å²) < 4.78 is 33.2. The SMILES string of the molecule is CCCC[C@]1(CC)CN(c2ccccc2)c2cc(NC)c(OCCC(=O)O)cc2S(=O)(=O)C1. The van der Waals surface area contributed by atoms with Crippen molar-refractivity contribution in [1.82, 2.24) is 0 Å². The zero-order chi connectivity index (χ0) is 24.1. The zero-order valence-electron chi connectivity index (χ0n) is 19.6. The van der Waals surface area contributed by atoms with E-state index in [1.165, 1.54) is 0 Å². The number of rotatable bonds is 10. The van der Waals surface area contributed by atoms with Gasteiger partial charge in [-0.1, -0.05) is 44.9 Å². The van der Waals surface area contributed by atoms with Crippen molar-refractivity contribution in [3.05, 3.63) is 42.5 Å². The number of carboxylic acid groups (broad SMARTS) is 1. The fraction of sp³-hybridized carbons (Fsp3) is 0.480. The molecule has 0 saturated carbocycles. The quantitative estimate of drug-likeness (QED) is 0.495. The molecule has 8 heteroatoms. The summed E-state index contributed by atoms with van der Waals surface area (Å²) in [7, 11) is -1.89. The van der Waals surface area contributed by atoms with Gasteiger partial charge >= 0.3 is 5.97 Å². The van der Waals surface area contributed by atoms with Crippen molar-refractivity contribution in [2.75, 3.05) is 36.2 Å². The molecule has 0 radical (unpaired) electrons. The van der Waals surface area contributed by atoms with Crippen molar-refractivity contribution < 1.29 is 23.1 Å². The number of nitrogens with one attached hydrogen (secondary N) is 1. The second-order valence-corrected chi connectivity index (χ2v) is 10.7. The Hall–Kier alpha value is -2.74. The maximum absolute atomic E-state index is 13.7. The standard InChI is InChI=1S/C25H34N2O5S/c1-4-6-13-25(5-2)17-27(19-10-8-7-9-11-19)21-15-20(26-3)22(32-14-12-24(28)29)16-23(21)33(30,31)18-25/h7-11,15-16,26H,4-6,12-14,17-18H2,1-3H3,(H,28,29)/t25-/m1/s1. The van der Waals surface area contributed by atoms with Gasteiger partial charge in [0.1, 0.15) is 5.75 Å². The molecule has 2 N–H and O–H groups in total. The molecule has 0 aliphatic carbocycles. The highest BCUT2D eigenvalue weighted by Gasteiger charge is 2.41. The first kappa shape index (κ1) is 24.9. The van der Waals surface area contributed by atoms with Crippen LogP contribution < -0.4 is 15.0 Å². The van der Waals surface area contributed by atoms with Crippen LogP contribution in [-0.4, -0.2) is 45.4 Å². The first-order chi connectivity index (χ1) is 15.7. The van der Waals surface area contributed by atoms with E-state index in [0.29, 0.717) is 23.7 Å². The van der Waals surface area contributed by atoms with Crippen molar-refractivity contribution in [3.8, 4) is 5.75 Å². The van der Waals surface area contributed by atoms with E-state index in [1.54, 1.807) is 13.1 Å². The number of sulfone groups is 1. The predicted molar refractivity (Wildman–Crippen MR) is 131 cm³/mol. The van der Waals surface area contributed by atoms with E-state index in [1.807, 2.05) is 36.4 Å². The molecule has 7 nitrogen and oxygen atoms in total. The van der Waals surface area contributed by atoms with Crippen LogP contribution in [0.5, 0.6) is 5.75 Å². The minimum Gasteiger partial charge on any atom is -0.491 e. The second-order valence-electron chi connectivity index (χ2n) is 8.70. The number of anilines is 3. The van der Waals surface area contributed by atoms with Crippen LogP contribution in [0.25, 0.3) is 0 Å². The van der Waals surface area contributed by atoms with E-state index >= 15 is 0 Å². The smallest absolute Gasteiger partial charge is 0.306 e. The van der Waals surface area contributed by atoms with Crippen molar-refractivity contribution >= 4 is 32.9 Å². The minimum absolute atomic E-state index is 0.0410. The zero-order valence-corrected chi connectivity index (χ0v) is 20.5. The number of hydrogen-bond acceptors (Lipinski definition) is 6. The average Bonchev–Trinajstić information content (AvgIpc) is 2.90. The summed E-state index contributed by atoms with van der Waals surface area (Å²) in [5.41, 5.74) is 1.79. The largest absolute Gasteiger partial charge is 0.491 e. The van der Waals surface area contributed by atoms with Gasteiger partial charge in [0, 0.05) is 30.8 Å². The summed E-state index contributed by atoms with van der Waals surface area (Å²) in [6.07, 6.45) is 3.39. The van der Waals surface area contributed by atoms with Gasteiger partial charge in [0.2, 0.25) is 0 Å². The van der Waals surface area contributed by atoms with Gasteiger partial charge in [-0.3, -0.25) is 4.79 Å². The number of benzene rings is 2. The van der Waals surface area contributed by atoms with Gasteiger partial charge < -0.3 is 20.1 Å². The molecule has 0 aromatic heterocycles. The minimum atomic E-state index is -3.62. The fourth-order valence-corrected chi connectivity index (χ4v) is 6.63. The molecule has 180 valence electrons. The summed E-state index contributed by atoms with van der Waals surface area (Å²) in [4.78, 5) is 13.3. The van der Waals surface area contributed by atoms with E-state index < -0.39 is 15.8 Å². The lowest BCUT2D eigenvalue weighted by Gasteiger charge is -2.36. The number of carbonyl (C=O) groups is 1. The van der Waals surface area contributed by atoms with Crippen LogP contribution in [0.4, 0.5) is 17.1 Å². The molecule has 0 saturated heterocycles. The molecule has 0 amide bonds. The molecular formula is C25H34N2O5S. The van der Waals surface area contributed by atoms with Crippen LogP contribution in [0.3, 0.4) is 0 Å². The molecule has 2 aromatic rings. The molecule has 2 aromatic carbocycles. The van der Waals surface area contributed by atoms with E-state index in [9.17, 15) is 13.2 Å². The summed E-state index contributed by atoms with van der Waals surface area (Å²) in [6.45, 7) is 4.75. The van der Waals surface area contributed by atoms with Crippen molar-refractivity contribution in [1.29, 1.82) is 0 Å². The number of unbranched alkanes of at least 4 members (excludes halogenated alkanes) is 1. The Morgan fingerprint density at radius 3 is 2.55 bits per heavy atom. The van der Waals surface area contributed by atoms with Gasteiger partial charge in [-0.2, -0.15) is 0 Å². The topological polar surface area (TPSA) is 95.9 Å². The van der Waals surface area contributed by atoms with Crippen LogP contribution in [0, 0.1) is 5.41 Å². The highest BCUT2D eigenvalue weighted by Crippen LogP contribution is 2.46. The Morgan fingerprint density at radius 2 is 1.94 bits per heavy atom. The summed E-state index contributed by atoms with van der Waals surface area (Å²) in [5, 5.41) is 12.0. The number of nitrogens with zero attached hydrogens (tertiary/aromatic N) is 1. The van der Waals surface area contributed by atoms with Gasteiger partial charge in [0.15, 0.2) is 9.84 Å². The fourth-order valence-electron chi connectivity index (χ4n) is 4.45. The first-order valence-electron chi connectivity index (χ1n) is 11.5. The monoisotopic (exact) mass is 474 g/mol. The molecule has 0 unspecified atom stereocenters. The molecule has 1 aliphatic rings. The maximum atomic E-state index is 13.7. The molecule has 1 atom stereocenters. The molecule has 3 rings (SSSR count). The highest BCUT2D eigenvalue weighted by molar-refractivity contribution is 7.91. The molecule has 0 spiro atoms. The lowest BCUT2D eigenvalue weighted by molar-refractivity contribution is -0.137. The maximum Gasteiger partial charge on any atom is 0.306 e. The first-order valence-corrected chi connectivity index (χ1v) is 13.2. The summed E-state index contributed by atoms with van der Waals surface area (Å²) in [5.74, 6) is -0.561. The van der Waals surface area contributed by atoms with E-state index in [4.69, 9.17) is 9.84 Å². The average molecular weight is 475 g/mol. The summed E-state index contributed by atoms with van der Waals surface area (Å²) in [6, 6.07) is 13.2. The molecule has 0 bridgehead atoms.